The first kappa shape index (κ1) is 30.0. The Morgan fingerprint density at radius 2 is 1.55 bits per heavy atom. The Morgan fingerprint density at radius 3 is 1.97 bits per heavy atom. The molecule has 0 unspecified atom stereocenters. The van der Waals surface area contributed by atoms with Crippen molar-refractivity contribution >= 4 is 24.0 Å². The maximum atomic E-state index is 11.4. The van der Waals surface area contributed by atoms with E-state index in [0.29, 0.717) is 25.8 Å². The van der Waals surface area contributed by atoms with Crippen LogP contribution >= 0.6 is 0 Å². The number of benzene rings is 1. The molecule has 0 aliphatic heterocycles. The van der Waals surface area contributed by atoms with Crippen molar-refractivity contribution in [2.75, 3.05) is 13.2 Å². The van der Waals surface area contributed by atoms with Gasteiger partial charge in [0.15, 0.2) is 0 Å². The highest BCUT2D eigenvalue weighted by molar-refractivity contribution is 5.73. The smallest absolute Gasteiger partial charge is 0.407 e. The predicted octanol–water partition coefficient (Wildman–Crippen LogP) is 0.0101. The van der Waals surface area contributed by atoms with Gasteiger partial charge in [0.05, 0.1) is 0 Å². The van der Waals surface area contributed by atoms with E-state index in [9.17, 15) is 14.4 Å². The summed E-state index contributed by atoms with van der Waals surface area (Å²) in [5.74, 6) is -3.37. The van der Waals surface area contributed by atoms with Gasteiger partial charge >= 0.3 is 24.0 Å². The van der Waals surface area contributed by atoms with Crippen molar-refractivity contribution in [1.29, 1.82) is 0 Å². The summed E-state index contributed by atoms with van der Waals surface area (Å²) >= 11 is 0. The third-order valence-corrected chi connectivity index (χ3v) is 3.23. The molecule has 0 heterocycles. The monoisotopic (exact) mass is 446 g/mol. The molecule has 0 spiro atoms. The number of nitrogens with two attached hydrogens (primary N) is 1. The van der Waals surface area contributed by atoms with E-state index in [4.69, 9.17) is 40.8 Å². The standard InChI is InChI=1S/C14H20N2O4.C3H6O3.C2H4O3/c15-12(13(17)18)8-4-5-9-16-14(19)20-10-11-6-2-1-3-7-11;1-2(4)3(5)6;3-1-2(4)5/h1-3,6-7,12H,4-5,8-10,15H2,(H,16,19)(H,17,18);2,4H,1H3,(H,5,6);3H,1H2,(H,4,5)/t12-;2-;/m00./s1. The Morgan fingerprint density at radius 1 is 1.03 bits per heavy atom. The van der Waals surface area contributed by atoms with E-state index in [1.165, 1.54) is 6.92 Å². The van der Waals surface area contributed by atoms with Crippen LogP contribution in [0.25, 0.3) is 0 Å². The minimum Gasteiger partial charge on any atom is -0.480 e. The molecule has 12 nitrogen and oxygen atoms in total. The van der Waals surface area contributed by atoms with Crippen molar-refractivity contribution in [1.82, 2.24) is 5.32 Å². The summed E-state index contributed by atoms with van der Waals surface area (Å²) in [6.07, 6.45) is 0.00518. The van der Waals surface area contributed by atoms with E-state index in [-0.39, 0.29) is 6.61 Å². The second kappa shape index (κ2) is 18.8. The van der Waals surface area contributed by atoms with Gasteiger partial charge in [-0.15, -0.1) is 0 Å². The average Bonchev–Trinajstić information content (AvgIpc) is 2.73. The summed E-state index contributed by atoms with van der Waals surface area (Å²) in [6.45, 7) is 1.10. The molecule has 1 amide bonds. The van der Waals surface area contributed by atoms with Crippen LogP contribution in [0, 0.1) is 0 Å². The van der Waals surface area contributed by atoms with Gasteiger partial charge in [-0.25, -0.2) is 14.4 Å². The number of rotatable bonds is 10. The number of aliphatic hydroxyl groups is 2. The molecule has 0 fully saturated rings. The molecule has 1 aromatic carbocycles. The Hall–Kier alpha value is -3.22. The zero-order chi connectivity index (χ0) is 24.2. The fourth-order valence-electron chi connectivity index (χ4n) is 1.58. The van der Waals surface area contributed by atoms with Gasteiger partial charge in [-0.2, -0.15) is 0 Å². The van der Waals surface area contributed by atoms with Crippen molar-refractivity contribution in [3.63, 3.8) is 0 Å². The highest BCUT2D eigenvalue weighted by atomic mass is 16.5. The van der Waals surface area contributed by atoms with Gasteiger partial charge in [0, 0.05) is 6.54 Å². The molecule has 0 radical (unpaired) electrons. The summed E-state index contributed by atoms with van der Waals surface area (Å²) in [5.41, 5.74) is 6.29. The van der Waals surface area contributed by atoms with E-state index < -0.39 is 42.8 Å². The molecule has 8 N–H and O–H groups in total. The molecular weight excluding hydrogens is 416 g/mol. The van der Waals surface area contributed by atoms with Crippen molar-refractivity contribution in [2.45, 2.75) is 44.9 Å². The first-order valence-electron chi connectivity index (χ1n) is 9.17. The Kier molecular flexibility index (Phi) is 18.2. The molecule has 31 heavy (non-hydrogen) atoms. The molecule has 0 saturated carbocycles. The topological polar surface area (TPSA) is 217 Å². The van der Waals surface area contributed by atoms with Crippen LogP contribution in [0.3, 0.4) is 0 Å². The largest absolute Gasteiger partial charge is 0.480 e. The van der Waals surface area contributed by atoms with Crippen LogP contribution in [-0.4, -0.2) is 74.8 Å². The van der Waals surface area contributed by atoms with E-state index in [2.05, 4.69) is 5.32 Å². The van der Waals surface area contributed by atoms with Crippen molar-refractivity contribution in [2.24, 2.45) is 5.73 Å². The number of alkyl carbamates (subject to hydrolysis) is 1. The van der Waals surface area contributed by atoms with Gasteiger partial charge in [0.1, 0.15) is 25.4 Å². The van der Waals surface area contributed by atoms with Gasteiger partial charge < -0.3 is 41.3 Å². The highest BCUT2D eigenvalue weighted by Gasteiger charge is 2.10. The molecule has 2 atom stereocenters. The van der Waals surface area contributed by atoms with Crippen LogP contribution in [0.15, 0.2) is 30.3 Å². The van der Waals surface area contributed by atoms with E-state index in [1.807, 2.05) is 30.3 Å². The first-order valence-corrected chi connectivity index (χ1v) is 9.17. The summed E-state index contributed by atoms with van der Waals surface area (Å²) in [4.78, 5) is 40.4. The maximum absolute atomic E-state index is 11.4. The number of carboxylic acids is 3. The lowest BCUT2D eigenvalue weighted by molar-refractivity contribution is -0.145. The number of unbranched alkanes of at least 4 members (excludes halogenated alkanes) is 1. The van der Waals surface area contributed by atoms with Crippen LogP contribution < -0.4 is 11.1 Å². The summed E-state index contributed by atoms with van der Waals surface area (Å²) in [7, 11) is 0. The number of nitrogens with one attached hydrogen (secondary N) is 1. The minimum absolute atomic E-state index is 0.233. The molecule has 1 rings (SSSR count). The SMILES string of the molecule is C[C@H](O)C(=O)O.N[C@@H](CCCCNC(=O)OCc1ccccc1)C(=O)O.O=C(O)CO. The third-order valence-electron chi connectivity index (χ3n) is 3.23. The second-order valence-corrected chi connectivity index (χ2v) is 6.00. The summed E-state index contributed by atoms with van der Waals surface area (Å²) in [6, 6.07) is 8.57. The molecule has 0 aliphatic rings. The van der Waals surface area contributed by atoms with Crippen LogP contribution in [0.5, 0.6) is 0 Å². The van der Waals surface area contributed by atoms with E-state index in [0.717, 1.165) is 5.56 Å². The quantitative estimate of drug-likeness (QED) is 0.237. The van der Waals surface area contributed by atoms with Crippen molar-refractivity contribution < 1.29 is 49.4 Å². The molecule has 12 heteroatoms. The lowest BCUT2D eigenvalue weighted by Crippen LogP contribution is -2.30. The molecule has 176 valence electrons. The first-order chi connectivity index (χ1) is 14.5. The molecule has 0 aromatic heterocycles. The Labute approximate surface area is 179 Å². The summed E-state index contributed by atoms with van der Waals surface area (Å²) < 4.78 is 5.03. The number of aliphatic hydroxyl groups excluding tert-OH is 2. The van der Waals surface area contributed by atoms with Crippen LogP contribution in [0.1, 0.15) is 31.7 Å². The van der Waals surface area contributed by atoms with E-state index in [1.54, 1.807) is 0 Å². The fraction of sp³-hybridized carbons (Fsp3) is 0.474. The van der Waals surface area contributed by atoms with Crippen molar-refractivity contribution in [3.05, 3.63) is 35.9 Å². The zero-order valence-corrected chi connectivity index (χ0v) is 17.1. The summed E-state index contributed by atoms with van der Waals surface area (Å²) in [5, 5.41) is 42.0. The van der Waals surface area contributed by atoms with Gasteiger partial charge in [0.25, 0.3) is 0 Å². The molecule has 0 aliphatic carbocycles. The zero-order valence-electron chi connectivity index (χ0n) is 17.1. The molecule has 1 aromatic rings. The van der Waals surface area contributed by atoms with Gasteiger partial charge in [-0.3, -0.25) is 4.79 Å². The number of amides is 1. The van der Waals surface area contributed by atoms with Gasteiger partial charge in [-0.05, 0) is 31.7 Å². The lowest BCUT2D eigenvalue weighted by Gasteiger charge is -2.08. The number of hydrogen-bond donors (Lipinski definition) is 7. The number of hydrogen-bond acceptors (Lipinski definition) is 8. The Bertz CT molecular complexity index is 652. The number of carbonyl (C=O) groups is 4. The van der Waals surface area contributed by atoms with Gasteiger partial charge in [-0.1, -0.05) is 30.3 Å². The fourth-order valence-corrected chi connectivity index (χ4v) is 1.58. The number of aliphatic carboxylic acids is 3. The van der Waals surface area contributed by atoms with Crippen LogP contribution in [-0.2, 0) is 25.7 Å². The van der Waals surface area contributed by atoms with Gasteiger partial charge in [0.2, 0.25) is 0 Å². The minimum atomic E-state index is -1.23. The number of carboxylic acid groups (broad SMARTS) is 3. The number of carbonyl (C=O) groups excluding carboxylic acids is 1. The average molecular weight is 446 g/mol. The lowest BCUT2D eigenvalue weighted by atomic mass is 10.1. The normalized spacial score (nSPS) is 11.4. The van der Waals surface area contributed by atoms with E-state index >= 15 is 0 Å². The molecular formula is C19H30N2O10. The van der Waals surface area contributed by atoms with Crippen molar-refractivity contribution in [3.8, 4) is 0 Å². The number of ether oxygens (including phenoxy) is 1. The van der Waals surface area contributed by atoms with Crippen LogP contribution in [0.4, 0.5) is 4.79 Å². The predicted molar refractivity (Wildman–Crippen MR) is 108 cm³/mol. The molecule has 0 saturated heterocycles. The Balaban J connectivity index is 0. The third kappa shape index (κ3) is 21.3. The molecule has 0 bridgehead atoms. The maximum Gasteiger partial charge on any atom is 0.407 e. The van der Waals surface area contributed by atoms with Crippen LogP contribution in [0.2, 0.25) is 0 Å². The highest BCUT2D eigenvalue weighted by Crippen LogP contribution is 2.01. The second-order valence-electron chi connectivity index (χ2n) is 6.00.